The quantitative estimate of drug-likeness (QED) is 0.617. The van der Waals surface area contributed by atoms with Crippen molar-refractivity contribution in [3.05, 3.63) is 40.1 Å². The molecule has 0 bridgehead atoms. The van der Waals surface area contributed by atoms with Crippen LogP contribution in [0.25, 0.3) is 10.9 Å². The van der Waals surface area contributed by atoms with E-state index in [0.29, 0.717) is 0 Å². The molecule has 0 amide bonds. The molecule has 0 aliphatic heterocycles. The molecule has 15 heavy (non-hydrogen) atoms. The van der Waals surface area contributed by atoms with Gasteiger partial charge in [0.05, 0.1) is 4.92 Å². The van der Waals surface area contributed by atoms with Gasteiger partial charge in [0, 0.05) is 29.2 Å². The Morgan fingerprint density at radius 1 is 1.47 bits per heavy atom. The molecule has 0 spiro atoms. The maximum Gasteiger partial charge on any atom is 0.270 e. The van der Waals surface area contributed by atoms with Gasteiger partial charge in [-0.25, -0.2) is 0 Å². The highest BCUT2D eigenvalue weighted by Gasteiger charge is 2.09. The zero-order valence-electron chi connectivity index (χ0n) is 8.49. The highest BCUT2D eigenvalue weighted by molar-refractivity contribution is 5.85. The number of benzene rings is 1. The Kier molecular flexibility index (Phi) is 2.41. The van der Waals surface area contributed by atoms with Crippen LogP contribution in [0.3, 0.4) is 0 Å². The molecule has 78 valence electrons. The number of nitrogens with zero attached hydrogens (tertiary/aromatic N) is 1. The average Bonchev–Trinajstić information content (AvgIpc) is 2.61. The second-order valence-electron chi connectivity index (χ2n) is 3.55. The van der Waals surface area contributed by atoms with Crippen LogP contribution in [-0.4, -0.2) is 9.91 Å². The lowest BCUT2D eigenvalue weighted by molar-refractivity contribution is -0.384. The van der Waals surface area contributed by atoms with Crippen LogP contribution in [-0.2, 0) is 6.42 Å². The third kappa shape index (κ3) is 1.70. The zero-order chi connectivity index (χ0) is 10.8. The van der Waals surface area contributed by atoms with Gasteiger partial charge in [0.1, 0.15) is 0 Å². The minimum atomic E-state index is -0.359. The fraction of sp³-hybridized carbons (Fsp3) is 0.273. The van der Waals surface area contributed by atoms with Crippen molar-refractivity contribution in [3.8, 4) is 0 Å². The number of non-ortho nitro benzene ring substituents is 1. The lowest BCUT2D eigenvalue weighted by Crippen LogP contribution is -1.87. The minimum absolute atomic E-state index is 0.152. The van der Waals surface area contributed by atoms with Crippen LogP contribution >= 0.6 is 0 Å². The van der Waals surface area contributed by atoms with E-state index < -0.39 is 0 Å². The Hall–Kier alpha value is -1.84. The number of aryl methyl sites for hydroxylation is 1. The molecule has 2 rings (SSSR count). The van der Waals surface area contributed by atoms with Crippen molar-refractivity contribution in [1.82, 2.24) is 4.98 Å². The molecule has 0 saturated carbocycles. The van der Waals surface area contributed by atoms with E-state index in [2.05, 4.69) is 11.9 Å². The van der Waals surface area contributed by atoms with Gasteiger partial charge >= 0.3 is 0 Å². The van der Waals surface area contributed by atoms with Gasteiger partial charge in [-0.1, -0.05) is 13.3 Å². The van der Waals surface area contributed by atoms with Gasteiger partial charge < -0.3 is 4.98 Å². The molecule has 0 aliphatic rings. The van der Waals surface area contributed by atoms with Crippen LogP contribution in [0.1, 0.15) is 18.9 Å². The van der Waals surface area contributed by atoms with Crippen molar-refractivity contribution in [2.24, 2.45) is 0 Å². The molecule has 0 fully saturated rings. The summed E-state index contributed by atoms with van der Waals surface area (Å²) in [5, 5.41) is 11.6. The molecule has 0 saturated heterocycles. The molecule has 1 aromatic heterocycles. The smallest absolute Gasteiger partial charge is 0.270 e. The summed E-state index contributed by atoms with van der Waals surface area (Å²) in [5.74, 6) is 0. The van der Waals surface area contributed by atoms with E-state index >= 15 is 0 Å². The summed E-state index contributed by atoms with van der Waals surface area (Å²) >= 11 is 0. The zero-order valence-corrected chi connectivity index (χ0v) is 8.49. The average molecular weight is 204 g/mol. The van der Waals surface area contributed by atoms with Crippen LogP contribution in [0.5, 0.6) is 0 Å². The largest absolute Gasteiger partial charge is 0.361 e. The molecule has 1 aromatic carbocycles. The lowest BCUT2D eigenvalue weighted by atomic mass is 10.1. The molecular weight excluding hydrogens is 192 g/mol. The van der Waals surface area contributed by atoms with Crippen LogP contribution in [0.15, 0.2) is 24.4 Å². The second-order valence-corrected chi connectivity index (χ2v) is 3.55. The number of aromatic amines is 1. The summed E-state index contributed by atoms with van der Waals surface area (Å²) in [6.07, 6.45) is 3.91. The molecule has 1 heterocycles. The fourth-order valence-electron chi connectivity index (χ4n) is 1.76. The number of fused-ring (bicyclic) bond motifs is 1. The molecule has 0 aliphatic carbocycles. The van der Waals surface area contributed by atoms with E-state index in [4.69, 9.17) is 0 Å². The van der Waals surface area contributed by atoms with Crippen molar-refractivity contribution in [1.29, 1.82) is 0 Å². The van der Waals surface area contributed by atoms with Crippen molar-refractivity contribution in [3.63, 3.8) is 0 Å². The Morgan fingerprint density at radius 3 is 2.93 bits per heavy atom. The number of hydrogen-bond acceptors (Lipinski definition) is 2. The Labute approximate surface area is 87.1 Å². The molecule has 4 nitrogen and oxygen atoms in total. The van der Waals surface area contributed by atoms with Crippen molar-refractivity contribution < 1.29 is 4.92 Å². The number of H-pyrrole nitrogens is 1. The summed E-state index contributed by atoms with van der Waals surface area (Å²) in [7, 11) is 0. The standard InChI is InChI=1S/C11H12N2O2/c1-2-3-8-7-12-11-5-4-9(13(14)15)6-10(8)11/h4-7,12H,2-3H2,1H3. The van der Waals surface area contributed by atoms with Gasteiger partial charge in [-0.15, -0.1) is 0 Å². The SMILES string of the molecule is CCCc1c[nH]c2ccc([N+](=O)[O-])cc12. The summed E-state index contributed by atoms with van der Waals surface area (Å²) in [6.45, 7) is 2.09. The molecule has 0 radical (unpaired) electrons. The molecule has 1 N–H and O–H groups in total. The van der Waals surface area contributed by atoms with E-state index in [1.54, 1.807) is 12.1 Å². The predicted octanol–water partition coefficient (Wildman–Crippen LogP) is 3.03. The lowest BCUT2D eigenvalue weighted by Gasteiger charge is -1.96. The van der Waals surface area contributed by atoms with Crippen molar-refractivity contribution >= 4 is 16.6 Å². The molecule has 0 unspecified atom stereocenters. The first-order chi connectivity index (χ1) is 7.22. The minimum Gasteiger partial charge on any atom is -0.361 e. The predicted molar refractivity (Wildman–Crippen MR) is 58.9 cm³/mol. The van der Waals surface area contributed by atoms with E-state index in [9.17, 15) is 10.1 Å². The third-order valence-corrected chi connectivity index (χ3v) is 2.48. The number of nitrogens with one attached hydrogen (secondary N) is 1. The van der Waals surface area contributed by atoms with Crippen LogP contribution < -0.4 is 0 Å². The highest BCUT2D eigenvalue weighted by atomic mass is 16.6. The third-order valence-electron chi connectivity index (χ3n) is 2.48. The Bertz CT molecular complexity index is 502. The molecule has 2 aromatic rings. The molecular formula is C11H12N2O2. The summed E-state index contributed by atoms with van der Waals surface area (Å²) in [5.41, 5.74) is 2.26. The number of nitro benzene ring substituents is 1. The number of aromatic nitrogens is 1. The first-order valence-corrected chi connectivity index (χ1v) is 4.96. The Balaban J connectivity index is 2.56. The van der Waals surface area contributed by atoms with Crippen LogP contribution in [0, 0.1) is 10.1 Å². The van der Waals surface area contributed by atoms with Gasteiger partial charge in [-0.05, 0) is 18.1 Å². The summed E-state index contributed by atoms with van der Waals surface area (Å²) < 4.78 is 0. The van der Waals surface area contributed by atoms with Gasteiger partial charge in [-0.3, -0.25) is 10.1 Å². The Morgan fingerprint density at radius 2 is 2.27 bits per heavy atom. The first-order valence-electron chi connectivity index (χ1n) is 4.96. The summed E-state index contributed by atoms with van der Waals surface area (Å²) in [4.78, 5) is 13.4. The number of rotatable bonds is 3. The van der Waals surface area contributed by atoms with Crippen molar-refractivity contribution in [2.75, 3.05) is 0 Å². The first kappa shape index (κ1) is 9.71. The second kappa shape index (κ2) is 3.73. The van der Waals surface area contributed by atoms with Crippen LogP contribution in [0.2, 0.25) is 0 Å². The summed E-state index contributed by atoms with van der Waals surface area (Å²) in [6, 6.07) is 4.91. The highest BCUT2D eigenvalue weighted by Crippen LogP contribution is 2.24. The van der Waals surface area contributed by atoms with Crippen molar-refractivity contribution in [2.45, 2.75) is 19.8 Å². The van der Waals surface area contributed by atoms with E-state index in [0.717, 1.165) is 29.3 Å². The van der Waals surface area contributed by atoms with E-state index in [1.165, 1.54) is 6.07 Å². The van der Waals surface area contributed by atoms with E-state index in [-0.39, 0.29) is 10.6 Å². The number of nitro groups is 1. The molecule has 0 atom stereocenters. The normalized spacial score (nSPS) is 10.7. The monoisotopic (exact) mass is 204 g/mol. The van der Waals surface area contributed by atoms with Gasteiger partial charge in [-0.2, -0.15) is 0 Å². The van der Waals surface area contributed by atoms with Gasteiger partial charge in [0.15, 0.2) is 0 Å². The van der Waals surface area contributed by atoms with E-state index in [1.807, 2.05) is 6.20 Å². The molecule has 4 heteroatoms. The maximum absolute atomic E-state index is 10.6. The maximum atomic E-state index is 10.6. The topological polar surface area (TPSA) is 58.9 Å². The van der Waals surface area contributed by atoms with Crippen LogP contribution in [0.4, 0.5) is 5.69 Å². The van der Waals surface area contributed by atoms with Gasteiger partial charge in [0.25, 0.3) is 5.69 Å². The fourth-order valence-corrected chi connectivity index (χ4v) is 1.76. The number of hydrogen-bond donors (Lipinski definition) is 1. The van der Waals surface area contributed by atoms with Gasteiger partial charge in [0.2, 0.25) is 0 Å².